The SMILES string of the molecule is CCc1noc(COc2ccc(C(=O)O)c(F)c2)n1. The van der Waals surface area contributed by atoms with Crippen LogP contribution >= 0.6 is 0 Å². The Hall–Kier alpha value is -2.44. The molecule has 0 spiro atoms. The molecule has 0 radical (unpaired) electrons. The van der Waals surface area contributed by atoms with Crippen LogP contribution in [0.1, 0.15) is 29.0 Å². The average molecular weight is 266 g/mol. The number of aromatic carboxylic acids is 1. The van der Waals surface area contributed by atoms with E-state index in [4.69, 9.17) is 14.4 Å². The van der Waals surface area contributed by atoms with E-state index < -0.39 is 17.3 Å². The highest BCUT2D eigenvalue weighted by atomic mass is 19.1. The maximum Gasteiger partial charge on any atom is 0.338 e. The van der Waals surface area contributed by atoms with E-state index in [1.807, 2.05) is 6.92 Å². The van der Waals surface area contributed by atoms with E-state index in [0.29, 0.717) is 12.2 Å². The van der Waals surface area contributed by atoms with Crippen molar-refractivity contribution in [1.29, 1.82) is 0 Å². The van der Waals surface area contributed by atoms with Crippen LogP contribution in [0.15, 0.2) is 22.7 Å². The highest BCUT2D eigenvalue weighted by molar-refractivity contribution is 5.88. The van der Waals surface area contributed by atoms with Gasteiger partial charge in [0.1, 0.15) is 11.6 Å². The van der Waals surface area contributed by atoms with Crippen LogP contribution in [0.5, 0.6) is 5.75 Å². The molecular weight excluding hydrogens is 255 g/mol. The number of carbonyl (C=O) groups is 1. The fourth-order valence-electron chi connectivity index (χ4n) is 1.40. The number of hydrogen-bond donors (Lipinski definition) is 1. The maximum absolute atomic E-state index is 13.4. The second-order valence-corrected chi connectivity index (χ2v) is 3.69. The molecule has 0 amide bonds. The molecule has 2 aromatic rings. The summed E-state index contributed by atoms with van der Waals surface area (Å²) in [5, 5.41) is 12.4. The van der Waals surface area contributed by atoms with Gasteiger partial charge >= 0.3 is 5.97 Å². The fourth-order valence-corrected chi connectivity index (χ4v) is 1.40. The molecular formula is C12H11FN2O4. The van der Waals surface area contributed by atoms with E-state index in [1.54, 1.807) is 0 Å². The smallest absolute Gasteiger partial charge is 0.338 e. The number of rotatable bonds is 5. The van der Waals surface area contributed by atoms with Gasteiger partial charge in [0.2, 0.25) is 0 Å². The van der Waals surface area contributed by atoms with Crippen molar-refractivity contribution in [3.8, 4) is 5.75 Å². The van der Waals surface area contributed by atoms with Crippen LogP contribution in [-0.2, 0) is 13.0 Å². The van der Waals surface area contributed by atoms with E-state index in [-0.39, 0.29) is 18.2 Å². The minimum atomic E-state index is -1.33. The number of hydrogen-bond acceptors (Lipinski definition) is 5. The van der Waals surface area contributed by atoms with Gasteiger partial charge < -0.3 is 14.4 Å². The van der Waals surface area contributed by atoms with Crippen LogP contribution in [0, 0.1) is 5.82 Å². The highest BCUT2D eigenvalue weighted by Gasteiger charge is 2.11. The van der Waals surface area contributed by atoms with Crippen molar-refractivity contribution in [2.45, 2.75) is 20.0 Å². The summed E-state index contributed by atoms with van der Waals surface area (Å²) in [6, 6.07) is 3.50. The largest absolute Gasteiger partial charge is 0.484 e. The number of ether oxygens (including phenoxy) is 1. The van der Waals surface area contributed by atoms with Gasteiger partial charge in [0.15, 0.2) is 12.4 Å². The third-order valence-corrected chi connectivity index (χ3v) is 2.36. The van der Waals surface area contributed by atoms with Gasteiger partial charge in [-0.05, 0) is 12.1 Å². The first kappa shape index (κ1) is 13.0. The van der Waals surface area contributed by atoms with Crippen molar-refractivity contribution in [2.24, 2.45) is 0 Å². The quantitative estimate of drug-likeness (QED) is 0.891. The first-order valence-corrected chi connectivity index (χ1v) is 5.57. The van der Waals surface area contributed by atoms with Crippen molar-refractivity contribution in [1.82, 2.24) is 10.1 Å². The van der Waals surface area contributed by atoms with E-state index in [0.717, 1.165) is 12.1 Å². The lowest BCUT2D eigenvalue weighted by atomic mass is 10.2. The molecule has 0 saturated heterocycles. The topological polar surface area (TPSA) is 85.5 Å². The fraction of sp³-hybridized carbons (Fsp3) is 0.250. The van der Waals surface area contributed by atoms with Crippen LogP contribution < -0.4 is 4.74 Å². The number of carboxylic acids is 1. The van der Waals surface area contributed by atoms with Crippen molar-refractivity contribution < 1.29 is 23.6 Å². The second-order valence-electron chi connectivity index (χ2n) is 3.69. The molecule has 6 nitrogen and oxygen atoms in total. The van der Waals surface area contributed by atoms with Gasteiger partial charge in [-0.1, -0.05) is 12.1 Å². The Morgan fingerprint density at radius 1 is 1.53 bits per heavy atom. The van der Waals surface area contributed by atoms with Crippen LogP contribution in [0.25, 0.3) is 0 Å². The summed E-state index contributed by atoms with van der Waals surface area (Å²) in [5.41, 5.74) is -0.404. The lowest BCUT2D eigenvalue weighted by Crippen LogP contribution is -2.02. The van der Waals surface area contributed by atoms with Crippen molar-refractivity contribution in [3.05, 3.63) is 41.3 Å². The first-order valence-electron chi connectivity index (χ1n) is 5.57. The highest BCUT2D eigenvalue weighted by Crippen LogP contribution is 2.17. The zero-order chi connectivity index (χ0) is 13.8. The van der Waals surface area contributed by atoms with Gasteiger partial charge in [-0.3, -0.25) is 0 Å². The molecule has 100 valence electrons. The lowest BCUT2D eigenvalue weighted by molar-refractivity contribution is 0.0691. The molecule has 0 aliphatic heterocycles. The molecule has 0 fully saturated rings. The Labute approximate surface area is 107 Å². The summed E-state index contributed by atoms with van der Waals surface area (Å²) >= 11 is 0. The monoisotopic (exact) mass is 266 g/mol. The molecule has 0 aliphatic rings. The van der Waals surface area contributed by atoms with E-state index in [1.165, 1.54) is 6.07 Å². The van der Waals surface area contributed by atoms with Crippen LogP contribution in [0.3, 0.4) is 0 Å². The predicted octanol–water partition coefficient (Wildman–Crippen LogP) is 2.05. The third kappa shape index (κ3) is 3.06. The van der Waals surface area contributed by atoms with Crippen LogP contribution in [0.4, 0.5) is 4.39 Å². The zero-order valence-electron chi connectivity index (χ0n) is 10.1. The van der Waals surface area contributed by atoms with Gasteiger partial charge in [-0.25, -0.2) is 9.18 Å². The number of nitrogens with zero attached hydrogens (tertiary/aromatic N) is 2. The molecule has 0 unspecified atom stereocenters. The van der Waals surface area contributed by atoms with Gasteiger partial charge in [0, 0.05) is 12.5 Å². The summed E-state index contributed by atoms with van der Waals surface area (Å²) in [6.45, 7) is 1.88. The molecule has 1 heterocycles. The average Bonchev–Trinajstić information content (AvgIpc) is 2.84. The number of aryl methyl sites for hydroxylation is 1. The number of aromatic nitrogens is 2. The van der Waals surface area contributed by atoms with Crippen LogP contribution in [0.2, 0.25) is 0 Å². The number of benzene rings is 1. The molecule has 1 N–H and O–H groups in total. The molecule has 0 saturated carbocycles. The van der Waals surface area contributed by atoms with Crippen molar-refractivity contribution in [2.75, 3.05) is 0 Å². The van der Waals surface area contributed by atoms with Gasteiger partial charge in [0.05, 0.1) is 5.56 Å². The van der Waals surface area contributed by atoms with Crippen molar-refractivity contribution in [3.63, 3.8) is 0 Å². The van der Waals surface area contributed by atoms with Gasteiger partial charge in [0.25, 0.3) is 5.89 Å². The Bertz CT molecular complexity index is 597. The summed E-state index contributed by atoms with van der Waals surface area (Å²) < 4.78 is 23.5. The maximum atomic E-state index is 13.4. The predicted molar refractivity (Wildman–Crippen MR) is 61.4 cm³/mol. The van der Waals surface area contributed by atoms with Gasteiger partial charge in [-0.2, -0.15) is 4.98 Å². The summed E-state index contributed by atoms with van der Waals surface area (Å²) in [4.78, 5) is 14.7. The standard InChI is InChI=1S/C12H11FN2O4/c1-2-10-14-11(19-15-10)6-18-7-3-4-8(12(16)17)9(13)5-7/h3-5H,2,6H2,1H3,(H,16,17). The normalized spacial score (nSPS) is 10.4. The molecule has 0 aliphatic carbocycles. The molecule has 0 atom stereocenters. The number of halogens is 1. The molecule has 19 heavy (non-hydrogen) atoms. The molecule has 1 aromatic heterocycles. The summed E-state index contributed by atoms with van der Waals surface area (Å²) in [7, 11) is 0. The van der Waals surface area contributed by atoms with Crippen LogP contribution in [-0.4, -0.2) is 21.2 Å². The van der Waals surface area contributed by atoms with Gasteiger partial charge in [-0.15, -0.1) is 0 Å². The minimum absolute atomic E-state index is 0.00113. The first-order chi connectivity index (χ1) is 9.10. The van der Waals surface area contributed by atoms with E-state index >= 15 is 0 Å². The Balaban J connectivity index is 2.03. The Kier molecular flexibility index (Phi) is 3.74. The van der Waals surface area contributed by atoms with E-state index in [9.17, 15) is 9.18 Å². The summed E-state index contributed by atoms with van der Waals surface area (Å²) in [6.07, 6.45) is 0.644. The van der Waals surface area contributed by atoms with E-state index in [2.05, 4.69) is 10.1 Å². The zero-order valence-corrected chi connectivity index (χ0v) is 10.1. The lowest BCUT2D eigenvalue weighted by Gasteiger charge is -2.04. The Morgan fingerprint density at radius 2 is 2.32 bits per heavy atom. The third-order valence-electron chi connectivity index (χ3n) is 2.36. The summed E-state index contributed by atoms with van der Waals surface area (Å²) in [5.74, 6) is -1.15. The molecule has 0 bridgehead atoms. The number of carboxylic acid groups (broad SMARTS) is 1. The minimum Gasteiger partial charge on any atom is -0.484 e. The van der Waals surface area contributed by atoms with Crippen molar-refractivity contribution >= 4 is 5.97 Å². The molecule has 2 rings (SSSR count). The Morgan fingerprint density at radius 3 is 2.89 bits per heavy atom. The molecule has 7 heteroatoms. The molecule has 1 aromatic carbocycles. The second kappa shape index (κ2) is 5.47.